The number of likely N-dealkylation sites (N-methyl/N-ethyl adjacent to an activating group) is 1. The third-order valence-electron chi connectivity index (χ3n) is 6.15. The number of guanidine groups is 1. The van der Waals surface area contributed by atoms with Gasteiger partial charge in [0.25, 0.3) is 0 Å². The van der Waals surface area contributed by atoms with Gasteiger partial charge in [-0.15, -0.1) is 24.0 Å². The summed E-state index contributed by atoms with van der Waals surface area (Å²) in [4.78, 5) is 12.4. The van der Waals surface area contributed by atoms with Gasteiger partial charge >= 0.3 is 0 Å². The van der Waals surface area contributed by atoms with Crippen LogP contribution in [0.4, 0.5) is 0 Å². The Balaban J connectivity index is 0.00000341. The first-order valence-corrected chi connectivity index (χ1v) is 12.0. The molecule has 2 aliphatic rings. The van der Waals surface area contributed by atoms with E-state index < -0.39 is 0 Å². The van der Waals surface area contributed by atoms with Crippen LogP contribution >= 0.6 is 24.0 Å². The number of hydrogen-bond acceptors (Lipinski definition) is 4. The fourth-order valence-electron chi connectivity index (χ4n) is 4.29. The van der Waals surface area contributed by atoms with Crippen LogP contribution in [0.15, 0.2) is 29.3 Å². The van der Waals surface area contributed by atoms with Gasteiger partial charge in [-0.1, -0.05) is 24.3 Å². The smallest absolute Gasteiger partial charge is 0.191 e. The molecule has 31 heavy (non-hydrogen) atoms. The molecule has 6 nitrogen and oxygen atoms in total. The minimum Gasteiger partial charge on any atom is -0.357 e. The number of hydrogen-bond donors (Lipinski definition) is 2. The Morgan fingerprint density at radius 3 is 2.32 bits per heavy atom. The summed E-state index contributed by atoms with van der Waals surface area (Å²) in [6, 6.07) is 8.99. The summed E-state index contributed by atoms with van der Waals surface area (Å²) in [6.07, 6.45) is 5.13. The minimum absolute atomic E-state index is 0. The van der Waals surface area contributed by atoms with Crippen molar-refractivity contribution in [3.63, 3.8) is 0 Å². The third kappa shape index (κ3) is 10.1. The van der Waals surface area contributed by atoms with Gasteiger partial charge in [0.05, 0.1) is 6.54 Å². The molecule has 0 radical (unpaired) electrons. The van der Waals surface area contributed by atoms with Gasteiger partial charge in [0, 0.05) is 32.7 Å². The second-order valence-corrected chi connectivity index (χ2v) is 8.77. The van der Waals surface area contributed by atoms with Crippen LogP contribution in [0.1, 0.15) is 43.7 Å². The van der Waals surface area contributed by atoms with E-state index in [2.05, 4.69) is 63.6 Å². The molecule has 0 aromatic heterocycles. The molecule has 0 amide bonds. The van der Waals surface area contributed by atoms with Crippen molar-refractivity contribution in [2.45, 2.75) is 45.7 Å². The largest absolute Gasteiger partial charge is 0.357 e. The van der Waals surface area contributed by atoms with Gasteiger partial charge in [-0.25, -0.2) is 4.99 Å². The predicted molar refractivity (Wildman–Crippen MR) is 142 cm³/mol. The molecule has 7 heteroatoms. The molecular formula is C24H43IN6. The van der Waals surface area contributed by atoms with Crippen molar-refractivity contribution in [3.05, 3.63) is 35.4 Å². The van der Waals surface area contributed by atoms with E-state index in [9.17, 15) is 0 Å². The molecule has 3 rings (SSSR count). The Hall–Kier alpha value is -0.900. The topological polar surface area (TPSA) is 46.1 Å². The fraction of sp³-hybridized carbons (Fsp3) is 0.708. The highest BCUT2D eigenvalue weighted by Crippen LogP contribution is 2.13. The van der Waals surface area contributed by atoms with E-state index in [1.54, 1.807) is 0 Å². The Labute approximate surface area is 206 Å². The lowest BCUT2D eigenvalue weighted by molar-refractivity contribution is 0.274. The number of benzene rings is 1. The third-order valence-corrected chi connectivity index (χ3v) is 6.15. The van der Waals surface area contributed by atoms with E-state index in [4.69, 9.17) is 4.99 Å². The first-order chi connectivity index (χ1) is 14.7. The standard InChI is InChI=1S/C24H42N6.HI/c1-3-25-24(26-12-6-16-29-17-7-13-28(2)18-19-29)27-20-22-8-10-23(11-9-22)21-30-14-4-5-15-30;/h8-11H,3-7,12-21H2,1-2H3,(H2,25,26,27);1H. The molecule has 1 aromatic rings. The van der Waals surface area contributed by atoms with E-state index in [1.807, 2.05) is 0 Å². The first kappa shape index (κ1) is 26.4. The van der Waals surface area contributed by atoms with Crippen LogP contribution in [-0.2, 0) is 13.1 Å². The molecule has 2 fully saturated rings. The SMILES string of the molecule is CCNC(=NCc1ccc(CN2CCCC2)cc1)NCCCN1CCCN(C)CC1.I. The summed E-state index contributed by atoms with van der Waals surface area (Å²) in [6.45, 7) is 14.3. The van der Waals surface area contributed by atoms with E-state index >= 15 is 0 Å². The van der Waals surface area contributed by atoms with Gasteiger partial charge < -0.3 is 20.4 Å². The van der Waals surface area contributed by atoms with Crippen molar-refractivity contribution < 1.29 is 0 Å². The Kier molecular flexibility index (Phi) is 12.8. The lowest BCUT2D eigenvalue weighted by Gasteiger charge is -2.20. The Morgan fingerprint density at radius 1 is 0.871 bits per heavy atom. The maximum atomic E-state index is 4.79. The molecule has 0 spiro atoms. The van der Waals surface area contributed by atoms with Gasteiger partial charge in [-0.3, -0.25) is 4.90 Å². The zero-order chi connectivity index (χ0) is 21.0. The number of nitrogens with one attached hydrogen (secondary N) is 2. The number of halogens is 1. The molecule has 2 N–H and O–H groups in total. The molecule has 2 heterocycles. The normalized spacial score (nSPS) is 19.1. The molecule has 2 aliphatic heterocycles. The molecule has 2 saturated heterocycles. The van der Waals surface area contributed by atoms with Gasteiger partial charge in [-0.05, 0) is 83.5 Å². The van der Waals surface area contributed by atoms with Gasteiger partial charge in [0.1, 0.15) is 0 Å². The fourth-order valence-corrected chi connectivity index (χ4v) is 4.29. The maximum Gasteiger partial charge on any atom is 0.191 e. The van der Waals surface area contributed by atoms with Crippen LogP contribution in [0.5, 0.6) is 0 Å². The first-order valence-electron chi connectivity index (χ1n) is 12.0. The molecule has 0 atom stereocenters. The van der Waals surface area contributed by atoms with Crippen molar-refractivity contribution in [2.24, 2.45) is 4.99 Å². The quantitative estimate of drug-likeness (QED) is 0.218. The second kappa shape index (κ2) is 15.0. The Bertz CT molecular complexity index is 629. The number of aliphatic imine (C=N–C) groups is 1. The van der Waals surface area contributed by atoms with Crippen LogP contribution in [0, 0.1) is 0 Å². The molecular weight excluding hydrogens is 499 g/mol. The molecule has 176 valence electrons. The zero-order valence-corrected chi connectivity index (χ0v) is 21.9. The number of nitrogens with zero attached hydrogens (tertiary/aromatic N) is 4. The summed E-state index contributed by atoms with van der Waals surface area (Å²) >= 11 is 0. The van der Waals surface area contributed by atoms with E-state index in [0.29, 0.717) is 0 Å². The van der Waals surface area contributed by atoms with E-state index in [1.165, 1.54) is 76.2 Å². The molecule has 1 aromatic carbocycles. The van der Waals surface area contributed by atoms with Crippen LogP contribution < -0.4 is 10.6 Å². The summed E-state index contributed by atoms with van der Waals surface area (Å²) in [5.41, 5.74) is 2.68. The maximum absolute atomic E-state index is 4.79. The molecule has 0 unspecified atom stereocenters. The van der Waals surface area contributed by atoms with Crippen molar-refractivity contribution in [1.82, 2.24) is 25.3 Å². The van der Waals surface area contributed by atoms with Crippen LogP contribution in [0.3, 0.4) is 0 Å². The van der Waals surface area contributed by atoms with Gasteiger partial charge in [-0.2, -0.15) is 0 Å². The average molecular weight is 543 g/mol. The van der Waals surface area contributed by atoms with Crippen molar-refractivity contribution in [1.29, 1.82) is 0 Å². The highest BCUT2D eigenvalue weighted by Gasteiger charge is 2.12. The van der Waals surface area contributed by atoms with Crippen LogP contribution in [-0.4, -0.2) is 86.6 Å². The molecule has 0 bridgehead atoms. The molecule has 0 saturated carbocycles. The van der Waals surface area contributed by atoms with Crippen molar-refractivity contribution >= 4 is 29.9 Å². The predicted octanol–water partition coefficient (Wildman–Crippen LogP) is 2.98. The van der Waals surface area contributed by atoms with Crippen LogP contribution in [0.25, 0.3) is 0 Å². The second-order valence-electron chi connectivity index (χ2n) is 8.77. The summed E-state index contributed by atoms with van der Waals surface area (Å²) in [7, 11) is 2.23. The Morgan fingerprint density at radius 2 is 1.58 bits per heavy atom. The number of likely N-dealkylation sites (tertiary alicyclic amines) is 1. The highest BCUT2D eigenvalue weighted by atomic mass is 127. The zero-order valence-electron chi connectivity index (χ0n) is 19.6. The highest BCUT2D eigenvalue weighted by molar-refractivity contribution is 14.0. The van der Waals surface area contributed by atoms with E-state index in [-0.39, 0.29) is 24.0 Å². The van der Waals surface area contributed by atoms with Gasteiger partial charge in [0.15, 0.2) is 5.96 Å². The average Bonchev–Trinajstić information content (AvgIpc) is 3.17. The lowest BCUT2D eigenvalue weighted by atomic mass is 10.1. The van der Waals surface area contributed by atoms with Crippen molar-refractivity contribution in [2.75, 3.05) is 66.0 Å². The van der Waals surface area contributed by atoms with Gasteiger partial charge in [0.2, 0.25) is 0 Å². The monoisotopic (exact) mass is 542 g/mol. The summed E-state index contributed by atoms with van der Waals surface area (Å²) < 4.78 is 0. The number of rotatable bonds is 9. The summed E-state index contributed by atoms with van der Waals surface area (Å²) in [5, 5.41) is 6.89. The minimum atomic E-state index is 0. The van der Waals surface area contributed by atoms with E-state index in [0.717, 1.165) is 38.6 Å². The summed E-state index contributed by atoms with van der Waals surface area (Å²) in [5.74, 6) is 0.925. The lowest BCUT2D eigenvalue weighted by Crippen LogP contribution is -2.39. The molecule has 0 aliphatic carbocycles. The van der Waals surface area contributed by atoms with Crippen molar-refractivity contribution in [3.8, 4) is 0 Å². The van der Waals surface area contributed by atoms with Crippen LogP contribution in [0.2, 0.25) is 0 Å².